The van der Waals surface area contributed by atoms with Gasteiger partial charge < -0.3 is 8.83 Å². The normalized spacial score (nSPS) is 12.3. The molecule has 0 saturated carbocycles. The summed E-state index contributed by atoms with van der Waals surface area (Å²) in [5.74, 6) is 0. The number of benzene rings is 4. The van der Waals surface area contributed by atoms with Crippen LogP contribution in [0.15, 0.2) is 94.0 Å². The van der Waals surface area contributed by atoms with Crippen LogP contribution in [0.2, 0.25) is 0 Å². The first-order valence-electron chi connectivity index (χ1n) is 9.45. The van der Waals surface area contributed by atoms with Crippen molar-refractivity contribution in [3.8, 4) is 0 Å². The smallest absolute Gasteiger partial charge is 0.142 e. The second kappa shape index (κ2) is 4.93. The van der Waals surface area contributed by atoms with Gasteiger partial charge in [-0.15, -0.1) is 0 Å². The van der Waals surface area contributed by atoms with Gasteiger partial charge in [0, 0.05) is 21.5 Å². The molecule has 2 heteroatoms. The second-order valence-corrected chi connectivity index (χ2v) is 7.33. The van der Waals surface area contributed by atoms with Crippen molar-refractivity contribution in [3.05, 3.63) is 85.1 Å². The number of rotatable bonds is 0. The van der Waals surface area contributed by atoms with E-state index in [4.69, 9.17) is 8.83 Å². The van der Waals surface area contributed by atoms with Crippen LogP contribution < -0.4 is 0 Å². The molecule has 130 valence electrons. The lowest BCUT2D eigenvalue weighted by Gasteiger charge is -2.06. The molecule has 7 rings (SSSR count). The first-order chi connectivity index (χ1) is 13.9. The minimum absolute atomic E-state index is 0.931. The average Bonchev–Trinajstić information content (AvgIpc) is 3.32. The molecule has 2 aromatic heterocycles. The molecule has 0 amide bonds. The minimum Gasteiger partial charge on any atom is -0.464 e. The third kappa shape index (κ3) is 1.64. The van der Waals surface area contributed by atoms with Crippen molar-refractivity contribution >= 4 is 65.2 Å². The van der Waals surface area contributed by atoms with E-state index in [9.17, 15) is 0 Å². The molecule has 0 unspecified atom stereocenters. The van der Waals surface area contributed by atoms with E-state index in [-0.39, 0.29) is 0 Å². The molecule has 0 spiro atoms. The molecule has 0 aliphatic carbocycles. The maximum atomic E-state index is 6.11. The quantitative estimate of drug-likeness (QED) is 0.259. The van der Waals surface area contributed by atoms with E-state index >= 15 is 0 Å². The molecule has 2 nitrogen and oxygen atoms in total. The summed E-state index contributed by atoms with van der Waals surface area (Å²) in [7, 11) is 0. The molecule has 7 aromatic rings. The Balaban J connectivity index is 1.85. The molecule has 2 heterocycles. The van der Waals surface area contributed by atoms with Crippen LogP contribution in [0.4, 0.5) is 0 Å². The van der Waals surface area contributed by atoms with Crippen LogP contribution in [0.5, 0.6) is 0 Å². The molecular formula is C26H14O2. The molecule has 0 atom stereocenters. The van der Waals surface area contributed by atoms with Gasteiger partial charge in [0.05, 0.1) is 6.26 Å². The lowest BCUT2D eigenvalue weighted by atomic mass is 9.99. The summed E-state index contributed by atoms with van der Waals surface area (Å²) in [6.07, 6.45) is 1.76. The van der Waals surface area contributed by atoms with Gasteiger partial charge >= 0.3 is 0 Å². The zero-order valence-corrected chi connectivity index (χ0v) is 14.9. The Kier molecular flexibility index (Phi) is 2.52. The zero-order valence-electron chi connectivity index (χ0n) is 14.9. The van der Waals surface area contributed by atoms with Gasteiger partial charge in [-0.3, -0.25) is 0 Å². The Morgan fingerprint density at radius 3 is 2.07 bits per heavy atom. The summed E-state index contributed by atoms with van der Waals surface area (Å²) in [4.78, 5) is 0. The van der Waals surface area contributed by atoms with Crippen LogP contribution in [0.25, 0.3) is 65.2 Å². The van der Waals surface area contributed by atoms with Crippen molar-refractivity contribution in [3.63, 3.8) is 0 Å². The van der Waals surface area contributed by atoms with Crippen molar-refractivity contribution in [1.82, 2.24) is 0 Å². The molecule has 0 saturated heterocycles. The highest BCUT2D eigenvalue weighted by molar-refractivity contribution is 6.36. The third-order valence-electron chi connectivity index (χ3n) is 5.91. The van der Waals surface area contributed by atoms with Crippen LogP contribution in [0.1, 0.15) is 0 Å². The predicted molar refractivity (Wildman–Crippen MR) is 116 cm³/mol. The highest BCUT2D eigenvalue weighted by atomic mass is 16.3. The molecule has 5 aromatic carbocycles. The Morgan fingerprint density at radius 2 is 1.14 bits per heavy atom. The van der Waals surface area contributed by atoms with Gasteiger partial charge in [0.2, 0.25) is 0 Å². The molecule has 0 N–H and O–H groups in total. The molecule has 0 aliphatic rings. The number of fused-ring (bicyclic) bond motifs is 12. The predicted octanol–water partition coefficient (Wildman–Crippen LogP) is 7.79. The Hall–Kier alpha value is -3.78. The molecule has 0 aliphatic heterocycles. The van der Waals surface area contributed by atoms with E-state index in [2.05, 4.69) is 60.7 Å². The number of furan rings is 1. The summed E-state index contributed by atoms with van der Waals surface area (Å²) in [6.45, 7) is 0. The highest BCUT2D eigenvalue weighted by Crippen LogP contribution is 2.44. The van der Waals surface area contributed by atoms with Gasteiger partial charge in [-0.2, -0.15) is 0 Å². The standard InChI is InChI=1S/C26H14O2/c1-2-7-17-15(6-1)24-16-11-12-23-25(19-8-3-4-10-22(19)28-23)20(16)14-21(24)18-9-5-13-27-26(17)18/h1-14H. The van der Waals surface area contributed by atoms with Crippen molar-refractivity contribution in [1.29, 1.82) is 0 Å². The van der Waals surface area contributed by atoms with Crippen molar-refractivity contribution in [2.75, 3.05) is 0 Å². The van der Waals surface area contributed by atoms with Crippen LogP contribution in [0.3, 0.4) is 0 Å². The van der Waals surface area contributed by atoms with Gasteiger partial charge in [-0.1, -0.05) is 42.5 Å². The summed E-state index contributed by atoms with van der Waals surface area (Å²) in [6, 6.07) is 27.5. The summed E-state index contributed by atoms with van der Waals surface area (Å²) in [5.41, 5.74) is 2.80. The van der Waals surface area contributed by atoms with E-state index in [1.165, 1.54) is 32.3 Å². The minimum atomic E-state index is 0.931. The second-order valence-electron chi connectivity index (χ2n) is 7.33. The zero-order chi connectivity index (χ0) is 18.2. The summed E-state index contributed by atoms with van der Waals surface area (Å²) < 4.78 is 12.1. The van der Waals surface area contributed by atoms with Gasteiger partial charge in [0.1, 0.15) is 16.7 Å². The van der Waals surface area contributed by atoms with E-state index in [0.29, 0.717) is 0 Å². The fourth-order valence-corrected chi connectivity index (χ4v) is 4.78. The fraction of sp³-hybridized carbons (Fsp3) is 0. The van der Waals surface area contributed by atoms with Crippen molar-refractivity contribution in [2.24, 2.45) is 0 Å². The lowest BCUT2D eigenvalue weighted by molar-refractivity contribution is 0.607. The first-order valence-corrected chi connectivity index (χ1v) is 9.45. The highest BCUT2D eigenvalue weighted by Gasteiger charge is 2.17. The maximum Gasteiger partial charge on any atom is 0.142 e. The van der Waals surface area contributed by atoms with E-state index in [1.807, 2.05) is 18.2 Å². The molecule has 28 heavy (non-hydrogen) atoms. The summed E-state index contributed by atoms with van der Waals surface area (Å²) in [5, 5.41) is 10.9. The fourth-order valence-electron chi connectivity index (χ4n) is 4.78. The monoisotopic (exact) mass is 358 g/mol. The average molecular weight is 358 g/mol. The van der Waals surface area contributed by atoms with Crippen molar-refractivity contribution in [2.45, 2.75) is 0 Å². The number of hydrogen-bond acceptors (Lipinski definition) is 2. The third-order valence-corrected chi connectivity index (χ3v) is 5.91. The number of para-hydroxylation sites is 1. The van der Waals surface area contributed by atoms with Gasteiger partial charge in [0.15, 0.2) is 0 Å². The van der Waals surface area contributed by atoms with Gasteiger partial charge in [0.25, 0.3) is 0 Å². The van der Waals surface area contributed by atoms with E-state index in [0.717, 1.165) is 32.9 Å². The molecule has 0 fully saturated rings. The Bertz CT molecular complexity index is 1710. The molecule has 0 radical (unpaired) electrons. The number of hydrogen-bond donors (Lipinski definition) is 0. The van der Waals surface area contributed by atoms with E-state index < -0.39 is 0 Å². The van der Waals surface area contributed by atoms with Gasteiger partial charge in [-0.05, 0) is 63.3 Å². The van der Waals surface area contributed by atoms with E-state index in [1.54, 1.807) is 6.26 Å². The van der Waals surface area contributed by atoms with Gasteiger partial charge in [-0.25, -0.2) is 0 Å². The summed E-state index contributed by atoms with van der Waals surface area (Å²) >= 11 is 0. The van der Waals surface area contributed by atoms with Crippen LogP contribution >= 0.6 is 0 Å². The molecule has 0 bridgehead atoms. The van der Waals surface area contributed by atoms with Crippen molar-refractivity contribution < 1.29 is 8.83 Å². The largest absolute Gasteiger partial charge is 0.464 e. The van der Waals surface area contributed by atoms with Crippen LogP contribution in [-0.2, 0) is 0 Å². The Morgan fingerprint density at radius 1 is 0.464 bits per heavy atom. The topological polar surface area (TPSA) is 26.3 Å². The molecular weight excluding hydrogens is 344 g/mol. The lowest BCUT2D eigenvalue weighted by Crippen LogP contribution is -1.79. The van der Waals surface area contributed by atoms with Crippen LogP contribution in [-0.4, -0.2) is 0 Å². The maximum absolute atomic E-state index is 6.11. The Labute approximate surface area is 159 Å². The first kappa shape index (κ1) is 14.3. The SMILES string of the molecule is c1ccc2c(c1)oc1ccc3c(cc4c5cccoc5c5ccccc5c43)c12. The van der Waals surface area contributed by atoms with Crippen LogP contribution in [0, 0.1) is 0 Å².